The van der Waals surface area contributed by atoms with Gasteiger partial charge in [-0.3, -0.25) is 9.59 Å². The summed E-state index contributed by atoms with van der Waals surface area (Å²) in [5.74, 6) is 0.521. The molecule has 0 unspecified atom stereocenters. The molecule has 1 aliphatic rings. The number of benzene rings is 2. The fraction of sp³-hybridized carbons (Fsp3) is 0.375. The highest BCUT2D eigenvalue weighted by atomic mass is 16.2. The number of tetrazole rings is 1. The summed E-state index contributed by atoms with van der Waals surface area (Å²) in [4.78, 5) is 28.4. The average molecular weight is 433 g/mol. The van der Waals surface area contributed by atoms with Gasteiger partial charge in [0.05, 0.1) is 5.41 Å². The minimum atomic E-state index is -0.631. The lowest BCUT2D eigenvalue weighted by molar-refractivity contribution is 0.0820. The van der Waals surface area contributed by atoms with E-state index in [1.807, 2.05) is 36.4 Å². The third-order valence-electron chi connectivity index (χ3n) is 6.36. The van der Waals surface area contributed by atoms with Gasteiger partial charge >= 0.3 is 0 Å². The minimum Gasteiger partial charge on any atom is -0.345 e. The highest BCUT2D eigenvalue weighted by molar-refractivity contribution is 5.95. The van der Waals surface area contributed by atoms with Gasteiger partial charge in [-0.1, -0.05) is 24.3 Å². The Hall–Kier alpha value is -3.55. The van der Waals surface area contributed by atoms with Crippen molar-refractivity contribution in [3.63, 3.8) is 0 Å². The number of aromatic amines is 1. The zero-order valence-corrected chi connectivity index (χ0v) is 19.1. The van der Waals surface area contributed by atoms with Crippen molar-refractivity contribution in [2.75, 3.05) is 28.2 Å². The molecule has 1 N–H and O–H groups in total. The van der Waals surface area contributed by atoms with Crippen molar-refractivity contribution >= 4 is 11.8 Å². The van der Waals surface area contributed by atoms with Crippen molar-refractivity contribution in [1.82, 2.24) is 30.4 Å². The smallest absolute Gasteiger partial charge is 0.253 e. The summed E-state index contributed by atoms with van der Waals surface area (Å²) in [6, 6.07) is 11.8. The van der Waals surface area contributed by atoms with E-state index < -0.39 is 5.41 Å². The molecule has 0 fully saturated rings. The number of H-pyrrole nitrogens is 1. The van der Waals surface area contributed by atoms with Gasteiger partial charge in [-0.2, -0.15) is 5.21 Å². The average Bonchev–Trinajstić information content (AvgIpc) is 3.29. The number of nitrogens with zero attached hydrogens (tertiary/aromatic N) is 5. The quantitative estimate of drug-likeness (QED) is 0.683. The lowest BCUT2D eigenvalue weighted by Gasteiger charge is -2.33. The zero-order chi connectivity index (χ0) is 23.0. The second kappa shape index (κ2) is 8.18. The third kappa shape index (κ3) is 3.36. The first-order chi connectivity index (χ1) is 15.3. The van der Waals surface area contributed by atoms with Crippen molar-refractivity contribution in [2.24, 2.45) is 0 Å². The number of aromatic nitrogens is 4. The zero-order valence-electron chi connectivity index (χ0n) is 19.1. The summed E-state index contributed by atoms with van der Waals surface area (Å²) in [5, 5.41) is 15.2. The molecule has 8 heteroatoms. The molecule has 0 spiro atoms. The molecule has 0 radical (unpaired) electrons. The Kier molecular flexibility index (Phi) is 5.54. The molecule has 0 aliphatic heterocycles. The van der Waals surface area contributed by atoms with Crippen molar-refractivity contribution in [3.8, 4) is 0 Å². The lowest BCUT2D eigenvalue weighted by Crippen LogP contribution is -2.32. The van der Waals surface area contributed by atoms with Gasteiger partial charge in [0.25, 0.3) is 11.8 Å². The van der Waals surface area contributed by atoms with Crippen LogP contribution in [0, 0.1) is 0 Å². The van der Waals surface area contributed by atoms with Crippen LogP contribution in [-0.2, 0) is 18.3 Å². The molecule has 4 rings (SSSR count). The second-order valence-electron chi connectivity index (χ2n) is 8.64. The van der Waals surface area contributed by atoms with Crippen LogP contribution in [0.25, 0.3) is 0 Å². The predicted octanol–water partition coefficient (Wildman–Crippen LogP) is 2.45. The number of hydrogen-bond acceptors (Lipinski definition) is 5. The van der Waals surface area contributed by atoms with E-state index in [2.05, 4.69) is 27.5 Å². The monoisotopic (exact) mass is 432 g/mol. The van der Waals surface area contributed by atoms with Gasteiger partial charge in [-0.25, -0.2) is 0 Å². The van der Waals surface area contributed by atoms with Crippen LogP contribution < -0.4 is 0 Å². The van der Waals surface area contributed by atoms with Crippen LogP contribution in [0.3, 0.4) is 0 Å². The molecule has 1 aliphatic carbocycles. The van der Waals surface area contributed by atoms with Gasteiger partial charge in [0, 0.05) is 39.3 Å². The molecule has 32 heavy (non-hydrogen) atoms. The molecule has 2 amide bonds. The Morgan fingerprint density at radius 2 is 1.41 bits per heavy atom. The van der Waals surface area contributed by atoms with Gasteiger partial charge in [0.1, 0.15) is 0 Å². The van der Waals surface area contributed by atoms with Crippen molar-refractivity contribution in [2.45, 2.75) is 31.6 Å². The van der Waals surface area contributed by atoms with Gasteiger partial charge in [-0.15, -0.1) is 10.2 Å². The SMILES string of the molecule is CCC1(c2nn[nH]n2)c2ccc(C(=O)N(C)C)cc2CCc2cc(C(=O)N(C)C)ccc21. The number of aryl methyl sites for hydroxylation is 2. The van der Waals surface area contributed by atoms with Crippen molar-refractivity contribution in [3.05, 3.63) is 75.6 Å². The van der Waals surface area contributed by atoms with E-state index in [1.165, 1.54) is 0 Å². The maximum absolute atomic E-state index is 12.6. The van der Waals surface area contributed by atoms with Crippen LogP contribution in [0.5, 0.6) is 0 Å². The summed E-state index contributed by atoms with van der Waals surface area (Å²) in [7, 11) is 7.01. The van der Waals surface area contributed by atoms with Gasteiger partial charge in [-0.05, 0) is 65.8 Å². The maximum atomic E-state index is 12.6. The fourth-order valence-electron chi connectivity index (χ4n) is 4.75. The number of nitrogens with one attached hydrogen (secondary N) is 1. The summed E-state index contributed by atoms with van der Waals surface area (Å²) in [6.07, 6.45) is 2.20. The van der Waals surface area contributed by atoms with Crippen LogP contribution in [0.15, 0.2) is 36.4 Å². The van der Waals surface area contributed by atoms with Crippen LogP contribution in [0.1, 0.15) is 62.1 Å². The standard InChI is InChI=1S/C24H28N6O2/c1-6-24(23-25-27-28-26-23)19-11-9-17(21(31)29(2)3)13-15(19)7-8-16-14-18(10-12-20(16)24)22(32)30(4)5/h9-14H,6-8H2,1-5H3,(H,25,26,27,28). The minimum absolute atomic E-state index is 0.0323. The topological polar surface area (TPSA) is 95.1 Å². The first-order valence-corrected chi connectivity index (χ1v) is 10.7. The maximum Gasteiger partial charge on any atom is 0.253 e. The Morgan fingerprint density at radius 1 is 0.906 bits per heavy atom. The van der Waals surface area contributed by atoms with E-state index in [0.29, 0.717) is 23.4 Å². The number of carbonyl (C=O) groups is 2. The van der Waals surface area contributed by atoms with Crippen LogP contribution in [0.2, 0.25) is 0 Å². The molecule has 2 aromatic carbocycles. The number of rotatable bonds is 4. The highest BCUT2D eigenvalue weighted by Gasteiger charge is 2.43. The number of hydrogen-bond donors (Lipinski definition) is 1. The van der Waals surface area contributed by atoms with Crippen LogP contribution in [-0.4, -0.2) is 70.4 Å². The van der Waals surface area contributed by atoms with E-state index in [-0.39, 0.29) is 11.8 Å². The molecule has 8 nitrogen and oxygen atoms in total. The molecule has 1 aromatic heterocycles. The molecule has 0 bridgehead atoms. The molecule has 166 valence electrons. The molecular weight excluding hydrogens is 404 g/mol. The largest absolute Gasteiger partial charge is 0.345 e. The number of amides is 2. The summed E-state index contributed by atoms with van der Waals surface area (Å²) in [5.41, 5.74) is 4.99. The van der Waals surface area contributed by atoms with E-state index >= 15 is 0 Å². The van der Waals surface area contributed by atoms with Gasteiger partial charge < -0.3 is 9.80 Å². The Balaban J connectivity index is 1.96. The van der Waals surface area contributed by atoms with Crippen molar-refractivity contribution < 1.29 is 9.59 Å². The molecule has 3 aromatic rings. The normalized spacial score (nSPS) is 14.2. The van der Waals surface area contributed by atoms with Crippen LogP contribution in [0.4, 0.5) is 0 Å². The number of fused-ring (bicyclic) bond motifs is 2. The summed E-state index contributed by atoms with van der Waals surface area (Å²) in [6.45, 7) is 2.10. The molecule has 1 heterocycles. The van der Waals surface area contributed by atoms with Crippen molar-refractivity contribution in [1.29, 1.82) is 0 Å². The third-order valence-corrected chi connectivity index (χ3v) is 6.36. The van der Waals surface area contributed by atoms with E-state index in [9.17, 15) is 9.59 Å². The summed E-state index contributed by atoms with van der Waals surface area (Å²) >= 11 is 0. The summed E-state index contributed by atoms with van der Waals surface area (Å²) < 4.78 is 0. The van der Waals surface area contributed by atoms with E-state index in [0.717, 1.165) is 35.1 Å². The number of carbonyl (C=O) groups excluding carboxylic acids is 2. The molecule has 0 atom stereocenters. The Labute approximate surface area is 187 Å². The molecule has 0 saturated heterocycles. The Morgan fingerprint density at radius 3 is 1.78 bits per heavy atom. The fourth-order valence-corrected chi connectivity index (χ4v) is 4.75. The molecule has 0 saturated carbocycles. The van der Waals surface area contributed by atoms with E-state index in [1.54, 1.807) is 38.0 Å². The van der Waals surface area contributed by atoms with E-state index in [4.69, 9.17) is 0 Å². The lowest BCUT2D eigenvalue weighted by atomic mass is 9.69. The van der Waals surface area contributed by atoms with Gasteiger partial charge in [0.2, 0.25) is 0 Å². The predicted molar refractivity (Wildman–Crippen MR) is 121 cm³/mol. The second-order valence-corrected chi connectivity index (χ2v) is 8.64. The van der Waals surface area contributed by atoms with Gasteiger partial charge in [0.15, 0.2) is 5.82 Å². The highest BCUT2D eigenvalue weighted by Crippen LogP contribution is 2.46. The molecular formula is C24H28N6O2. The van der Waals surface area contributed by atoms with Crippen LogP contribution >= 0.6 is 0 Å². The first-order valence-electron chi connectivity index (χ1n) is 10.7. The Bertz CT molecular complexity index is 1100. The first kappa shape index (κ1) is 21.7.